The number of nitrogens with zero attached hydrogens (tertiary/aromatic N) is 2. The van der Waals surface area contributed by atoms with Crippen LogP contribution in [0.4, 0.5) is 10.1 Å². The Labute approximate surface area is 221 Å². The molecule has 2 amide bonds. The summed E-state index contributed by atoms with van der Waals surface area (Å²) in [5.74, 6) is -1.33. The topological polar surface area (TPSA) is 83.5 Å². The highest BCUT2D eigenvalue weighted by Crippen LogP contribution is 2.29. The van der Waals surface area contributed by atoms with E-state index in [-0.39, 0.29) is 16.7 Å². The molecule has 4 rings (SSSR count). The molecular formula is C27H20BrFN4O2S. The van der Waals surface area contributed by atoms with E-state index in [0.29, 0.717) is 21.3 Å². The van der Waals surface area contributed by atoms with Crippen molar-refractivity contribution in [3.05, 3.63) is 129 Å². The zero-order valence-electron chi connectivity index (χ0n) is 18.7. The number of hydrazone groups is 1. The third kappa shape index (κ3) is 6.44. The van der Waals surface area contributed by atoms with E-state index in [0.717, 1.165) is 11.1 Å². The SMILES string of the molecule is O=C(Nc1ccc(Br)cc1C(=O)N/N=C/c1cccc(F)c1)c1cccc(C(S)c2ccncc2)c1. The molecule has 0 aliphatic carbocycles. The van der Waals surface area contributed by atoms with Crippen molar-refractivity contribution in [1.82, 2.24) is 10.4 Å². The highest BCUT2D eigenvalue weighted by Gasteiger charge is 2.17. The fourth-order valence-corrected chi connectivity index (χ4v) is 4.10. The molecule has 1 heterocycles. The van der Waals surface area contributed by atoms with Crippen molar-refractivity contribution in [1.29, 1.82) is 0 Å². The number of halogens is 2. The molecule has 0 aliphatic rings. The van der Waals surface area contributed by atoms with Gasteiger partial charge in [0.2, 0.25) is 0 Å². The predicted molar refractivity (Wildman–Crippen MR) is 145 cm³/mol. The van der Waals surface area contributed by atoms with Gasteiger partial charge in [0.25, 0.3) is 11.8 Å². The lowest BCUT2D eigenvalue weighted by Crippen LogP contribution is -2.21. The number of pyridine rings is 1. The van der Waals surface area contributed by atoms with E-state index in [1.54, 1.807) is 60.9 Å². The van der Waals surface area contributed by atoms with Crippen molar-refractivity contribution >= 4 is 52.3 Å². The van der Waals surface area contributed by atoms with Crippen LogP contribution < -0.4 is 10.7 Å². The molecule has 0 bridgehead atoms. The van der Waals surface area contributed by atoms with Gasteiger partial charge in [0.15, 0.2) is 0 Å². The Kier molecular flexibility index (Phi) is 8.24. The quantitative estimate of drug-likeness (QED) is 0.146. The van der Waals surface area contributed by atoms with Crippen LogP contribution in [0.3, 0.4) is 0 Å². The third-order valence-corrected chi connectivity index (χ3v) is 6.28. The van der Waals surface area contributed by atoms with Crippen LogP contribution in [0, 0.1) is 5.82 Å². The van der Waals surface area contributed by atoms with E-state index < -0.39 is 11.7 Å². The van der Waals surface area contributed by atoms with E-state index in [9.17, 15) is 14.0 Å². The predicted octanol–water partition coefficient (Wildman–Crippen LogP) is 6.02. The molecule has 3 aromatic carbocycles. The van der Waals surface area contributed by atoms with Crippen molar-refractivity contribution in [2.45, 2.75) is 5.25 Å². The molecule has 36 heavy (non-hydrogen) atoms. The average molecular weight is 563 g/mol. The number of amides is 2. The van der Waals surface area contributed by atoms with E-state index >= 15 is 0 Å². The number of rotatable bonds is 7. The van der Waals surface area contributed by atoms with Crippen LogP contribution in [0.15, 0.2) is 101 Å². The van der Waals surface area contributed by atoms with Gasteiger partial charge in [-0.25, -0.2) is 9.82 Å². The maximum Gasteiger partial charge on any atom is 0.273 e. The fraction of sp³-hybridized carbons (Fsp3) is 0.0370. The van der Waals surface area contributed by atoms with Crippen molar-refractivity contribution < 1.29 is 14.0 Å². The Hall–Kier alpha value is -3.82. The highest BCUT2D eigenvalue weighted by atomic mass is 79.9. The highest BCUT2D eigenvalue weighted by molar-refractivity contribution is 9.10. The van der Waals surface area contributed by atoms with Crippen LogP contribution in [0.25, 0.3) is 0 Å². The number of hydrogen-bond acceptors (Lipinski definition) is 5. The maximum absolute atomic E-state index is 13.3. The van der Waals surface area contributed by atoms with Crippen LogP contribution in [-0.2, 0) is 0 Å². The second-order valence-electron chi connectivity index (χ2n) is 7.71. The molecule has 0 spiro atoms. The van der Waals surface area contributed by atoms with Gasteiger partial charge in [-0.2, -0.15) is 17.7 Å². The number of carbonyl (C=O) groups excluding carboxylic acids is 2. The summed E-state index contributed by atoms with van der Waals surface area (Å²) in [6.07, 6.45) is 4.72. The van der Waals surface area contributed by atoms with Crippen LogP contribution in [0.1, 0.15) is 42.7 Å². The summed E-state index contributed by atoms with van der Waals surface area (Å²) in [5, 5.41) is 6.46. The van der Waals surface area contributed by atoms with Crippen LogP contribution in [0.2, 0.25) is 0 Å². The number of hydrogen-bond donors (Lipinski definition) is 3. The Morgan fingerprint density at radius 1 is 0.944 bits per heavy atom. The Morgan fingerprint density at radius 3 is 2.50 bits per heavy atom. The van der Waals surface area contributed by atoms with Crippen LogP contribution in [0.5, 0.6) is 0 Å². The van der Waals surface area contributed by atoms with Crippen LogP contribution in [-0.4, -0.2) is 23.0 Å². The summed E-state index contributed by atoms with van der Waals surface area (Å²) in [6, 6.07) is 21.6. The normalized spacial score (nSPS) is 11.8. The Bertz CT molecular complexity index is 1430. The van der Waals surface area contributed by atoms with Crippen molar-refractivity contribution in [3.63, 3.8) is 0 Å². The van der Waals surface area contributed by atoms with Gasteiger partial charge in [-0.05, 0) is 71.3 Å². The second-order valence-corrected chi connectivity index (χ2v) is 9.14. The van der Waals surface area contributed by atoms with Crippen molar-refractivity contribution in [2.75, 3.05) is 5.32 Å². The lowest BCUT2D eigenvalue weighted by Gasteiger charge is -2.14. The summed E-state index contributed by atoms with van der Waals surface area (Å²) in [7, 11) is 0. The van der Waals surface area contributed by atoms with E-state index in [1.165, 1.54) is 18.3 Å². The Balaban J connectivity index is 1.51. The number of nitrogens with one attached hydrogen (secondary N) is 2. The average Bonchev–Trinajstić information content (AvgIpc) is 2.89. The van der Waals surface area contributed by atoms with Gasteiger partial charge in [-0.1, -0.05) is 40.2 Å². The molecule has 6 nitrogen and oxygen atoms in total. The minimum absolute atomic E-state index is 0.203. The first-order valence-electron chi connectivity index (χ1n) is 10.8. The number of anilines is 1. The molecule has 0 saturated carbocycles. The molecular weight excluding hydrogens is 543 g/mol. The van der Waals surface area contributed by atoms with Gasteiger partial charge < -0.3 is 5.32 Å². The lowest BCUT2D eigenvalue weighted by atomic mass is 10.0. The second kappa shape index (κ2) is 11.7. The molecule has 0 saturated heterocycles. The molecule has 180 valence electrons. The Morgan fingerprint density at radius 2 is 1.72 bits per heavy atom. The molecule has 0 radical (unpaired) electrons. The summed E-state index contributed by atoms with van der Waals surface area (Å²) >= 11 is 8.04. The van der Waals surface area contributed by atoms with E-state index in [4.69, 9.17) is 12.6 Å². The van der Waals surface area contributed by atoms with E-state index in [2.05, 4.69) is 36.8 Å². The number of carbonyl (C=O) groups is 2. The fourth-order valence-electron chi connectivity index (χ4n) is 3.41. The van der Waals surface area contributed by atoms with Gasteiger partial charge in [0.05, 0.1) is 22.7 Å². The molecule has 0 fully saturated rings. The van der Waals surface area contributed by atoms with Gasteiger partial charge in [-0.15, -0.1) is 0 Å². The minimum Gasteiger partial charge on any atom is -0.321 e. The standard InChI is InChI=1S/C27H20BrFN4O2S/c28-21-7-8-24(23(15-21)27(35)33-31-16-17-3-1-6-22(29)13-17)32-26(34)20-5-2-4-19(14-20)25(36)18-9-11-30-12-10-18/h1-16,25,36H,(H,32,34)(H,33,35)/b31-16+. The van der Waals surface area contributed by atoms with Gasteiger partial charge in [0, 0.05) is 22.4 Å². The van der Waals surface area contributed by atoms with E-state index in [1.807, 2.05) is 18.2 Å². The molecule has 1 aromatic heterocycles. The molecule has 1 atom stereocenters. The third-order valence-electron chi connectivity index (χ3n) is 5.19. The first kappa shape index (κ1) is 25.3. The largest absolute Gasteiger partial charge is 0.321 e. The molecule has 1 unspecified atom stereocenters. The summed E-state index contributed by atoms with van der Waals surface area (Å²) < 4.78 is 14.0. The monoisotopic (exact) mass is 562 g/mol. The zero-order valence-corrected chi connectivity index (χ0v) is 21.2. The first-order valence-corrected chi connectivity index (χ1v) is 12.1. The molecule has 0 aliphatic heterocycles. The van der Waals surface area contributed by atoms with Crippen molar-refractivity contribution in [3.8, 4) is 0 Å². The molecule has 9 heteroatoms. The zero-order chi connectivity index (χ0) is 25.5. The lowest BCUT2D eigenvalue weighted by molar-refractivity contribution is 0.0956. The number of thiol groups is 1. The minimum atomic E-state index is -0.541. The molecule has 2 N–H and O–H groups in total. The first-order chi connectivity index (χ1) is 17.4. The van der Waals surface area contributed by atoms with Crippen LogP contribution >= 0.6 is 28.6 Å². The number of benzene rings is 3. The number of aromatic nitrogens is 1. The van der Waals surface area contributed by atoms with Gasteiger partial charge >= 0.3 is 0 Å². The maximum atomic E-state index is 13.3. The smallest absolute Gasteiger partial charge is 0.273 e. The summed E-state index contributed by atoms with van der Waals surface area (Å²) in [4.78, 5) is 29.9. The van der Waals surface area contributed by atoms with Crippen molar-refractivity contribution in [2.24, 2.45) is 5.10 Å². The summed E-state index contributed by atoms with van der Waals surface area (Å²) in [5.41, 5.74) is 5.63. The summed E-state index contributed by atoms with van der Waals surface area (Å²) in [6.45, 7) is 0. The van der Waals surface area contributed by atoms with Gasteiger partial charge in [0.1, 0.15) is 5.82 Å². The molecule has 4 aromatic rings. The van der Waals surface area contributed by atoms with Gasteiger partial charge in [-0.3, -0.25) is 14.6 Å².